The Bertz CT molecular complexity index is 543. The van der Waals surface area contributed by atoms with Gasteiger partial charge in [0, 0.05) is 28.4 Å². The summed E-state index contributed by atoms with van der Waals surface area (Å²) >= 11 is 13.9. The van der Waals surface area contributed by atoms with E-state index in [9.17, 15) is 0 Å². The van der Waals surface area contributed by atoms with Crippen molar-refractivity contribution in [3.8, 4) is 0 Å². The molecular weight excluding hydrogens is 285 g/mol. The largest absolute Gasteiger partial charge is 0.315 e. The lowest BCUT2D eigenvalue weighted by atomic mass is 9.72. The molecule has 3 rings (SSSR count). The van der Waals surface area contributed by atoms with Crippen molar-refractivity contribution in [2.24, 2.45) is 0 Å². The lowest BCUT2D eigenvalue weighted by Gasteiger charge is -2.43. The zero-order valence-corrected chi connectivity index (χ0v) is 12.1. The molecule has 0 aliphatic carbocycles. The fourth-order valence-electron chi connectivity index (χ4n) is 2.42. The summed E-state index contributed by atoms with van der Waals surface area (Å²) in [7, 11) is 0. The van der Waals surface area contributed by atoms with E-state index in [0.29, 0.717) is 0 Å². The van der Waals surface area contributed by atoms with Gasteiger partial charge in [-0.3, -0.25) is 0 Å². The first-order valence-electron chi connectivity index (χ1n) is 5.88. The Kier molecular flexibility index (Phi) is 3.37. The standard InChI is InChI=1S/C14H13Cl2NS/c15-11-3-1-10(2-4-11)14(8-17-9-14)7-13-12(16)5-6-18-13/h1-6,17H,7-9H2. The molecule has 1 aliphatic heterocycles. The topological polar surface area (TPSA) is 12.0 Å². The molecule has 0 bridgehead atoms. The van der Waals surface area contributed by atoms with Crippen LogP contribution >= 0.6 is 34.5 Å². The smallest absolute Gasteiger partial charge is 0.0545 e. The molecule has 1 N–H and O–H groups in total. The number of thiophene rings is 1. The molecule has 2 heterocycles. The fraction of sp³-hybridized carbons (Fsp3) is 0.286. The number of nitrogens with one attached hydrogen (secondary N) is 1. The molecule has 18 heavy (non-hydrogen) atoms. The van der Waals surface area contributed by atoms with Crippen LogP contribution in [0.25, 0.3) is 0 Å². The molecule has 2 aromatic rings. The lowest BCUT2D eigenvalue weighted by Crippen LogP contribution is -2.58. The molecule has 0 radical (unpaired) electrons. The molecule has 1 saturated heterocycles. The third kappa shape index (κ3) is 2.19. The Morgan fingerprint density at radius 1 is 1.11 bits per heavy atom. The Morgan fingerprint density at radius 3 is 2.33 bits per heavy atom. The maximum Gasteiger partial charge on any atom is 0.0545 e. The summed E-state index contributed by atoms with van der Waals surface area (Å²) in [5, 5.41) is 7.11. The van der Waals surface area contributed by atoms with Crippen molar-refractivity contribution in [3.05, 3.63) is 56.2 Å². The van der Waals surface area contributed by atoms with Gasteiger partial charge in [-0.2, -0.15) is 0 Å². The number of halogens is 2. The zero-order valence-electron chi connectivity index (χ0n) is 9.75. The molecule has 0 amide bonds. The summed E-state index contributed by atoms with van der Waals surface area (Å²) in [6.45, 7) is 2.01. The van der Waals surface area contributed by atoms with Crippen LogP contribution in [0.15, 0.2) is 35.7 Å². The number of hydrogen-bond acceptors (Lipinski definition) is 2. The Hall–Kier alpha value is -0.540. The van der Waals surface area contributed by atoms with Gasteiger partial charge in [0.25, 0.3) is 0 Å². The van der Waals surface area contributed by atoms with Gasteiger partial charge in [-0.1, -0.05) is 35.3 Å². The van der Waals surface area contributed by atoms with Gasteiger partial charge in [0.05, 0.1) is 5.02 Å². The minimum atomic E-state index is 0.180. The van der Waals surface area contributed by atoms with Crippen LogP contribution in [0.5, 0.6) is 0 Å². The normalized spacial score (nSPS) is 17.4. The van der Waals surface area contributed by atoms with E-state index in [1.54, 1.807) is 11.3 Å². The molecule has 0 atom stereocenters. The molecule has 0 unspecified atom stereocenters. The molecule has 0 spiro atoms. The third-order valence-electron chi connectivity index (χ3n) is 3.57. The van der Waals surface area contributed by atoms with Crippen molar-refractivity contribution >= 4 is 34.5 Å². The maximum absolute atomic E-state index is 6.21. The second-order valence-corrected chi connectivity index (χ2v) is 6.60. The Morgan fingerprint density at radius 2 is 1.83 bits per heavy atom. The first kappa shape index (κ1) is 12.5. The van der Waals surface area contributed by atoms with Crippen LogP contribution in [-0.4, -0.2) is 13.1 Å². The number of benzene rings is 1. The van der Waals surface area contributed by atoms with Crippen molar-refractivity contribution in [2.45, 2.75) is 11.8 Å². The summed E-state index contributed by atoms with van der Waals surface area (Å²) in [5.74, 6) is 0. The predicted molar refractivity (Wildman–Crippen MR) is 79.0 cm³/mol. The summed E-state index contributed by atoms with van der Waals surface area (Å²) in [6, 6.07) is 10.2. The number of hydrogen-bond donors (Lipinski definition) is 1. The van der Waals surface area contributed by atoms with Crippen LogP contribution in [-0.2, 0) is 11.8 Å². The average molecular weight is 298 g/mol. The molecule has 0 saturated carbocycles. The van der Waals surface area contributed by atoms with Crippen LogP contribution in [0, 0.1) is 0 Å². The molecule has 1 nitrogen and oxygen atoms in total. The summed E-state index contributed by atoms with van der Waals surface area (Å²) in [4.78, 5) is 1.27. The first-order chi connectivity index (χ1) is 8.70. The molecule has 4 heteroatoms. The lowest BCUT2D eigenvalue weighted by molar-refractivity contribution is 0.276. The summed E-state index contributed by atoms with van der Waals surface area (Å²) in [5.41, 5.74) is 1.52. The van der Waals surface area contributed by atoms with Gasteiger partial charge in [-0.25, -0.2) is 0 Å². The van der Waals surface area contributed by atoms with Crippen LogP contribution in [0.4, 0.5) is 0 Å². The van der Waals surface area contributed by atoms with Crippen LogP contribution in [0.1, 0.15) is 10.4 Å². The van der Waals surface area contributed by atoms with Gasteiger partial charge in [-0.15, -0.1) is 11.3 Å². The third-order valence-corrected chi connectivity index (χ3v) is 5.21. The van der Waals surface area contributed by atoms with E-state index in [4.69, 9.17) is 23.2 Å². The molecule has 1 fully saturated rings. The average Bonchev–Trinajstić information content (AvgIpc) is 2.71. The Labute approximate surface area is 121 Å². The van der Waals surface area contributed by atoms with E-state index in [1.165, 1.54) is 10.4 Å². The maximum atomic E-state index is 6.21. The fourth-order valence-corrected chi connectivity index (χ4v) is 3.79. The highest BCUT2D eigenvalue weighted by Crippen LogP contribution is 2.36. The van der Waals surface area contributed by atoms with Crippen LogP contribution < -0.4 is 5.32 Å². The molecular formula is C14H13Cl2NS. The summed E-state index contributed by atoms with van der Waals surface area (Å²) in [6.07, 6.45) is 0.998. The zero-order chi connectivity index (χ0) is 12.6. The minimum Gasteiger partial charge on any atom is -0.315 e. The van der Waals surface area contributed by atoms with Crippen molar-refractivity contribution < 1.29 is 0 Å². The van der Waals surface area contributed by atoms with Crippen molar-refractivity contribution in [2.75, 3.05) is 13.1 Å². The van der Waals surface area contributed by atoms with E-state index in [0.717, 1.165) is 29.6 Å². The Balaban J connectivity index is 1.91. The van der Waals surface area contributed by atoms with Gasteiger partial charge in [0.2, 0.25) is 0 Å². The van der Waals surface area contributed by atoms with Gasteiger partial charge in [0.1, 0.15) is 0 Å². The van der Waals surface area contributed by atoms with Crippen molar-refractivity contribution in [3.63, 3.8) is 0 Å². The van der Waals surface area contributed by atoms with E-state index >= 15 is 0 Å². The van der Waals surface area contributed by atoms with Gasteiger partial charge in [0.15, 0.2) is 0 Å². The highest BCUT2D eigenvalue weighted by atomic mass is 35.5. The van der Waals surface area contributed by atoms with Crippen LogP contribution in [0.2, 0.25) is 10.0 Å². The molecule has 1 aliphatic rings. The van der Waals surface area contributed by atoms with Crippen molar-refractivity contribution in [1.29, 1.82) is 0 Å². The van der Waals surface area contributed by atoms with E-state index in [2.05, 4.69) is 22.8 Å². The highest BCUT2D eigenvalue weighted by molar-refractivity contribution is 7.10. The quantitative estimate of drug-likeness (QED) is 0.898. The molecule has 1 aromatic carbocycles. The van der Waals surface area contributed by atoms with Gasteiger partial charge >= 0.3 is 0 Å². The van der Waals surface area contributed by atoms with Crippen molar-refractivity contribution in [1.82, 2.24) is 5.32 Å². The van der Waals surface area contributed by atoms with E-state index in [-0.39, 0.29) is 5.41 Å². The summed E-state index contributed by atoms with van der Waals surface area (Å²) < 4.78 is 0. The molecule has 1 aromatic heterocycles. The second kappa shape index (κ2) is 4.86. The van der Waals surface area contributed by atoms with Crippen LogP contribution in [0.3, 0.4) is 0 Å². The number of rotatable bonds is 3. The SMILES string of the molecule is Clc1ccc(C2(Cc3sccc3Cl)CNC2)cc1. The van der Waals surface area contributed by atoms with E-state index in [1.807, 2.05) is 18.2 Å². The van der Waals surface area contributed by atoms with E-state index < -0.39 is 0 Å². The van der Waals surface area contributed by atoms with Gasteiger partial charge < -0.3 is 5.32 Å². The first-order valence-corrected chi connectivity index (χ1v) is 7.52. The molecule has 94 valence electrons. The second-order valence-electron chi connectivity index (χ2n) is 4.76. The minimum absolute atomic E-state index is 0.180. The highest BCUT2D eigenvalue weighted by Gasteiger charge is 2.39. The van der Waals surface area contributed by atoms with Gasteiger partial charge in [-0.05, 0) is 35.6 Å². The monoisotopic (exact) mass is 297 g/mol. The predicted octanol–water partition coefficient (Wildman–Crippen LogP) is 4.14.